The van der Waals surface area contributed by atoms with Crippen molar-refractivity contribution in [1.29, 1.82) is 0 Å². The minimum atomic E-state index is -0.377. The molecule has 2 aromatic rings. The van der Waals surface area contributed by atoms with Crippen molar-refractivity contribution in [2.24, 2.45) is 0 Å². The quantitative estimate of drug-likeness (QED) is 0.745. The van der Waals surface area contributed by atoms with E-state index in [1.165, 1.54) is 7.11 Å². The van der Waals surface area contributed by atoms with E-state index >= 15 is 0 Å². The lowest BCUT2D eigenvalue weighted by Crippen LogP contribution is -2.06. The van der Waals surface area contributed by atoms with Crippen LogP contribution >= 0.6 is 15.9 Å². The number of hydrogen-bond acceptors (Lipinski definition) is 3. The minimum absolute atomic E-state index is 0.377. The average molecular weight is 269 g/mol. The van der Waals surface area contributed by atoms with E-state index in [-0.39, 0.29) is 5.97 Å². The molecule has 0 N–H and O–H groups in total. The number of esters is 1. The lowest BCUT2D eigenvalue weighted by Gasteiger charge is -2.00. The van der Waals surface area contributed by atoms with Gasteiger partial charge in [0.2, 0.25) is 0 Å². The van der Waals surface area contributed by atoms with Crippen molar-refractivity contribution in [2.45, 2.75) is 6.92 Å². The third-order valence-corrected chi connectivity index (χ3v) is 2.60. The largest absolute Gasteiger partial charge is 0.464 e. The zero-order valence-corrected chi connectivity index (χ0v) is 9.91. The molecule has 0 radical (unpaired) electrons. The van der Waals surface area contributed by atoms with Gasteiger partial charge in [-0.15, -0.1) is 0 Å². The Morgan fingerprint density at radius 2 is 2.27 bits per heavy atom. The van der Waals surface area contributed by atoms with E-state index in [1.807, 2.05) is 12.1 Å². The van der Waals surface area contributed by atoms with Crippen LogP contribution in [-0.2, 0) is 4.74 Å². The normalized spacial score (nSPS) is 10.6. The molecule has 15 heavy (non-hydrogen) atoms. The van der Waals surface area contributed by atoms with Crippen LogP contribution in [0.5, 0.6) is 0 Å². The van der Waals surface area contributed by atoms with Gasteiger partial charge in [-0.05, 0) is 35.0 Å². The number of ether oxygens (including phenoxy) is 1. The number of carbonyl (C=O) groups is 1. The Bertz CT molecular complexity index is 533. The summed E-state index contributed by atoms with van der Waals surface area (Å²) in [6.07, 6.45) is 1.79. The van der Waals surface area contributed by atoms with Crippen LogP contribution in [0.2, 0.25) is 0 Å². The van der Waals surface area contributed by atoms with E-state index in [4.69, 9.17) is 4.74 Å². The van der Waals surface area contributed by atoms with Gasteiger partial charge in [-0.2, -0.15) is 0 Å². The molecule has 2 rings (SSSR count). The van der Waals surface area contributed by atoms with Crippen molar-refractivity contribution in [1.82, 2.24) is 9.38 Å². The zero-order chi connectivity index (χ0) is 11.0. The first kappa shape index (κ1) is 10.2. The van der Waals surface area contributed by atoms with Gasteiger partial charge in [0.15, 0.2) is 5.69 Å². The smallest absolute Gasteiger partial charge is 0.356 e. The number of hydrogen-bond donors (Lipinski definition) is 0. The molecule has 2 heterocycles. The molecular weight excluding hydrogens is 260 g/mol. The van der Waals surface area contributed by atoms with E-state index in [0.717, 1.165) is 10.1 Å². The van der Waals surface area contributed by atoms with Gasteiger partial charge in [-0.1, -0.05) is 0 Å². The number of imidazole rings is 1. The maximum Gasteiger partial charge on any atom is 0.356 e. The lowest BCUT2D eigenvalue weighted by molar-refractivity contribution is 0.0592. The number of halogens is 1. The summed E-state index contributed by atoms with van der Waals surface area (Å²) in [5.74, 6) is -0.377. The van der Waals surface area contributed by atoms with Gasteiger partial charge in [-0.25, -0.2) is 9.78 Å². The molecule has 0 aliphatic rings. The summed E-state index contributed by atoms with van der Waals surface area (Å²) in [6, 6.07) is 3.71. The van der Waals surface area contributed by atoms with E-state index in [1.54, 1.807) is 17.5 Å². The molecule has 0 aliphatic heterocycles. The van der Waals surface area contributed by atoms with Crippen LogP contribution in [0.4, 0.5) is 0 Å². The number of methoxy groups -OCH3 is 1. The van der Waals surface area contributed by atoms with Gasteiger partial charge in [0.05, 0.1) is 12.8 Å². The predicted molar refractivity (Wildman–Crippen MR) is 59.0 cm³/mol. The summed E-state index contributed by atoms with van der Waals surface area (Å²) in [5, 5.41) is 0. The van der Waals surface area contributed by atoms with Gasteiger partial charge < -0.3 is 4.74 Å². The molecule has 78 valence electrons. The average Bonchev–Trinajstić information content (AvgIpc) is 2.52. The number of aromatic nitrogens is 2. The molecule has 0 fully saturated rings. The molecule has 0 bridgehead atoms. The molecule has 0 unspecified atom stereocenters. The summed E-state index contributed by atoms with van der Waals surface area (Å²) in [7, 11) is 1.36. The molecular formula is C10H9BrN2O2. The standard InChI is InChI=1S/C10H9BrN2O2/c1-6-9(10(14)15-2)13-5-7(11)3-4-8(13)12-6/h3-5H,1-2H3. The fraction of sp³-hybridized carbons (Fsp3) is 0.200. The van der Waals surface area contributed by atoms with Crippen LogP contribution in [-0.4, -0.2) is 22.5 Å². The molecule has 0 saturated carbocycles. The van der Waals surface area contributed by atoms with Crippen LogP contribution < -0.4 is 0 Å². The Labute approximate surface area is 95.0 Å². The molecule has 0 aromatic carbocycles. The van der Waals surface area contributed by atoms with Crippen molar-refractivity contribution in [3.8, 4) is 0 Å². The van der Waals surface area contributed by atoms with Crippen LogP contribution in [0.25, 0.3) is 5.65 Å². The van der Waals surface area contributed by atoms with E-state index in [9.17, 15) is 4.79 Å². The number of carbonyl (C=O) groups excluding carboxylic acids is 1. The monoisotopic (exact) mass is 268 g/mol. The first-order chi connectivity index (χ1) is 7.13. The van der Waals surface area contributed by atoms with Gasteiger partial charge in [-0.3, -0.25) is 4.40 Å². The molecule has 0 atom stereocenters. The Morgan fingerprint density at radius 3 is 2.93 bits per heavy atom. The summed E-state index contributed by atoms with van der Waals surface area (Å²) in [4.78, 5) is 15.8. The Morgan fingerprint density at radius 1 is 1.53 bits per heavy atom. The van der Waals surface area contributed by atoms with E-state index in [2.05, 4.69) is 20.9 Å². The topological polar surface area (TPSA) is 43.6 Å². The summed E-state index contributed by atoms with van der Waals surface area (Å²) in [6.45, 7) is 1.78. The Kier molecular flexibility index (Phi) is 2.48. The molecule has 0 aliphatic carbocycles. The second kappa shape index (κ2) is 3.66. The molecule has 4 nitrogen and oxygen atoms in total. The van der Waals surface area contributed by atoms with Crippen molar-refractivity contribution in [2.75, 3.05) is 7.11 Å². The van der Waals surface area contributed by atoms with Crippen molar-refractivity contribution in [3.63, 3.8) is 0 Å². The number of fused-ring (bicyclic) bond motifs is 1. The number of nitrogens with zero attached hydrogens (tertiary/aromatic N) is 2. The minimum Gasteiger partial charge on any atom is -0.464 e. The first-order valence-electron chi connectivity index (χ1n) is 4.36. The molecule has 0 saturated heterocycles. The van der Waals surface area contributed by atoms with Crippen LogP contribution in [0, 0.1) is 6.92 Å². The van der Waals surface area contributed by atoms with Crippen LogP contribution in [0.3, 0.4) is 0 Å². The second-order valence-electron chi connectivity index (χ2n) is 3.11. The van der Waals surface area contributed by atoms with Gasteiger partial charge in [0, 0.05) is 10.7 Å². The van der Waals surface area contributed by atoms with E-state index < -0.39 is 0 Å². The highest BCUT2D eigenvalue weighted by atomic mass is 79.9. The molecule has 5 heteroatoms. The predicted octanol–water partition coefficient (Wildman–Crippen LogP) is 2.19. The van der Waals surface area contributed by atoms with Gasteiger partial charge >= 0.3 is 5.97 Å². The summed E-state index contributed by atoms with van der Waals surface area (Å²) < 4.78 is 7.31. The Hall–Kier alpha value is -1.36. The maximum atomic E-state index is 11.5. The number of aryl methyl sites for hydroxylation is 1. The van der Waals surface area contributed by atoms with Crippen molar-refractivity contribution >= 4 is 27.5 Å². The fourth-order valence-electron chi connectivity index (χ4n) is 1.48. The number of pyridine rings is 1. The van der Waals surface area contributed by atoms with Gasteiger partial charge in [0.25, 0.3) is 0 Å². The summed E-state index contributed by atoms with van der Waals surface area (Å²) >= 11 is 3.35. The van der Waals surface area contributed by atoms with Crippen molar-refractivity contribution in [3.05, 3.63) is 34.2 Å². The number of rotatable bonds is 1. The highest BCUT2D eigenvalue weighted by molar-refractivity contribution is 9.10. The highest BCUT2D eigenvalue weighted by Gasteiger charge is 2.16. The highest BCUT2D eigenvalue weighted by Crippen LogP contribution is 2.17. The van der Waals surface area contributed by atoms with Crippen molar-refractivity contribution < 1.29 is 9.53 Å². The SMILES string of the molecule is COC(=O)c1c(C)nc2ccc(Br)cn12. The van der Waals surface area contributed by atoms with Gasteiger partial charge in [0.1, 0.15) is 5.65 Å². The maximum absolute atomic E-state index is 11.5. The molecule has 0 amide bonds. The third-order valence-electron chi connectivity index (χ3n) is 2.14. The molecule has 0 spiro atoms. The Balaban J connectivity index is 2.76. The lowest BCUT2D eigenvalue weighted by atomic mass is 10.3. The first-order valence-corrected chi connectivity index (χ1v) is 5.15. The third kappa shape index (κ3) is 1.63. The summed E-state index contributed by atoms with van der Waals surface area (Å²) in [5.41, 5.74) is 1.87. The molecule has 2 aromatic heterocycles. The fourth-order valence-corrected chi connectivity index (χ4v) is 1.82. The van der Waals surface area contributed by atoms with E-state index in [0.29, 0.717) is 11.4 Å². The van der Waals surface area contributed by atoms with Crippen LogP contribution in [0.15, 0.2) is 22.8 Å². The second-order valence-corrected chi connectivity index (χ2v) is 4.03. The zero-order valence-electron chi connectivity index (χ0n) is 8.32. The van der Waals surface area contributed by atoms with Crippen LogP contribution in [0.1, 0.15) is 16.2 Å².